The molecule has 0 radical (unpaired) electrons. The topological polar surface area (TPSA) is 16.1 Å². The molecule has 0 saturated carbocycles. The third-order valence-corrected chi connectivity index (χ3v) is 2.65. The predicted molar refractivity (Wildman–Crippen MR) is 60.8 cm³/mol. The summed E-state index contributed by atoms with van der Waals surface area (Å²) in [6.07, 6.45) is 4.22. The SMILES string of the molecule is C=Cc1cc(Cl)cc(N2CCCC2)n1. The second-order valence-electron chi connectivity index (χ2n) is 3.47. The lowest BCUT2D eigenvalue weighted by Crippen LogP contribution is -2.19. The van der Waals surface area contributed by atoms with Crippen molar-refractivity contribution in [2.75, 3.05) is 18.0 Å². The van der Waals surface area contributed by atoms with E-state index in [9.17, 15) is 0 Å². The van der Waals surface area contributed by atoms with Gasteiger partial charge >= 0.3 is 0 Å². The Morgan fingerprint density at radius 3 is 2.71 bits per heavy atom. The van der Waals surface area contributed by atoms with Crippen LogP contribution in [0.25, 0.3) is 6.08 Å². The van der Waals surface area contributed by atoms with Crippen LogP contribution in [0.1, 0.15) is 18.5 Å². The predicted octanol–water partition coefficient (Wildman–Crippen LogP) is 2.98. The van der Waals surface area contributed by atoms with Gasteiger partial charge in [-0.1, -0.05) is 18.2 Å². The van der Waals surface area contributed by atoms with E-state index in [0.717, 1.165) is 29.6 Å². The third-order valence-electron chi connectivity index (χ3n) is 2.44. The molecule has 14 heavy (non-hydrogen) atoms. The first-order chi connectivity index (χ1) is 6.79. The highest BCUT2D eigenvalue weighted by Crippen LogP contribution is 2.22. The molecule has 1 aliphatic rings. The van der Waals surface area contributed by atoms with Crippen LogP contribution in [0.4, 0.5) is 5.82 Å². The number of anilines is 1. The van der Waals surface area contributed by atoms with Crippen LogP contribution >= 0.6 is 11.6 Å². The Labute approximate surface area is 89.2 Å². The van der Waals surface area contributed by atoms with E-state index in [1.807, 2.05) is 12.1 Å². The fourth-order valence-corrected chi connectivity index (χ4v) is 1.93. The number of halogens is 1. The number of hydrogen-bond donors (Lipinski definition) is 0. The van der Waals surface area contributed by atoms with Crippen LogP contribution in [-0.2, 0) is 0 Å². The molecule has 1 aliphatic heterocycles. The zero-order valence-electron chi connectivity index (χ0n) is 8.04. The summed E-state index contributed by atoms with van der Waals surface area (Å²) in [6.45, 7) is 5.87. The van der Waals surface area contributed by atoms with Crippen molar-refractivity contribution in [3.8, 4) is 0 Å². The van der Waals surface area contributed by atoms with Gasteiger partial charge in [-0.15, -0.1) is 0 Å². The van der Waals surface area contributed by atoms with Gasteiger partial charge in [0, 0.05) is 18.1 Å². The van der Waals surface area contributed by atoms with E-state index < -0.39 is 0 Å². The highest BCUT2D eigenvalue weighted by Gasteiger charge is 2.14. The zero-order chi connectivity index (χ0) is 9.97. The maximum atomic E-state index is 5.99. The molecule has 0 unspecified atom stereocenters. The Bertz CT molecular complexity index is 343. The van der Waals surface area contributed by atoms with E-state index in [-0.39, 0.29) is 0 Å². The third kappa shape index (κ3) is 1.90. The quantitative estimate of drug-likeness (QED) is 0.743. The van der Waals surface area contributed by atoms with Gasteiger partial charge in [0.05, 0.1) is 5.69 Å². The van der Waals surface area contributed by atoms with Crippen molar-refractivity contribution in [3.05, 3.63) is 29.4 Å². The lowest BCUT2D eigenvalue weighted by molar-refractivity contribution is 0.936. The summed E-state index contributed by atoms with van der Waals surface area (Å²) in [7, 11) is 0. The van der Waals surface area contributed by atoms with Gasteiger partial charge < -0.3 is 4.90 Å². The smallest absolute Gasteiger partial charge is 0.130 e. The molecule has 0 amide bonds. The normalized spacial score (nSPS) is 15.9. The Hall–Kier alpha value is -1.02. The first-order valence-electron chi connectivity index (χ1n) is 4.84. The Balaban J connectivity index is 2.31. The molecule has 2 nitrogen and oxygen atoms in total. The van der Waals surface area contributed by atoms with Crippen LogP contribution in [-0.4, -0.2) is 18.1 Å². The van der Waals surface area contributed by atoms with Crippen molar-refractivity contribution in [2.24, 2.45) is 0 Å². The maximum absolute atomic E-state index is 5.99. The molecule has 1 fully saturated rings. The first kappa shape index (κ1) is 9.53. The van der Waals surface area contributed by atoms with Gasteiger partial charge in [0.1, 0.15) is 5.82 Å². The molecule has 0 aliphatic carbocycles. The van der Waals surface area contributed by atoms with Crippen LogP contribution < -0.4 is 4.90 Å². The van der Waals surface area contributed by atoms with E-state index in [1.165, 1.54) is 12.8 Å². The average Bonchev–Trinajstić information content (AvgIpc) is 2.69. The van der Waals surface area contributed by atoms with Gasteiger partial charge in [0.15, 0.2) is 0 Å². The molecule has 0 spiro atoms. The minimum Gasteiger partial charge on any atom is -0.357 e. The van der Waals surface area contributed by atoms with E-state index >= 15 is 0 Å². The van der Waals surface area contributed by atoms with E-state index in [4.69, 9.17) is 11.6 Å². The van der Waals surface area contributed by atoms with Crippen molar-refractivity contribution in [3.63, 3.8) is 0 Å². The minimum atomic E-state index is 0.733. The Morgan fingerprint density at radius 2 is 2.07 bits per heavy atom. The van der Waals surface area contributed by atoms with Crippen LogP contribution in [0, 0.1) is 0 Å². The largest absolute Gasteiger partial charge is 0.357 e. The highest BCUT2D eigenvalue weighted by atomic mass is 35.5. The van der Waals surface area contributed by atoms with Crippen molar-refractivity contribution in [1.82, 2.24) is 4.98 Å². The number of hydrogen-bond acceptors (Lipinski definition) is 2. The van der Waals surface area contributed by atoms with Crippen molar-refractivity contribution < 1.29 is 0 Å². The summed E-state index contributed by atoms with van der Waals surface area (Å²) in [5, 5.41) is 0.733. The zero-order valence-corrected chi connectivity index (χ0v) is 8.80. The molecule has 0 bridgehead atoms. The van der Waals surface area contributed by atoms with Crippen molar-refractivity contribution in [2.45, 2.75) is 12.8 Å². The van der Waals surface area contributed by atoms with Crippen LogP contribution in [0.5, 0.6) is 0 Å². The maximum Gasteiger partial charge on any atom is 0.130 e. The second-order valence-corrected chi connectivity index (χ2v) is 3.90. The molecular weight excluding hydrogens is 196 g/mol. The summed E-state index contributed by atoms with van der Waals surface area (Å²) in [5.41, 5.74) is 0.847. The molecular formula is C11H13ClN2. The molecule has 74 valence electrons. The van der Waals surface area contributed by atoms with E-state index in [1.54, 1.807) is 6.08 Å². The molecule has 2 heterocycles. The van der Waals surface area contributed by atoms with Crippen LogP contribution in [0.3, 0.4) is 0 Å². The van der Waals surface area contributed by atoms with Crippen LogP contribution in [0.2, 0.25) is 5.02 Å². The van der Waals surface area contributed by atoms with Crippen molar-refractivity contribution >= 4 is 23.5 Å². The number of aromatic nitrogens is 1. The van der Waals surface area contributed by atoms with Gasteiger partial charge in [-0.05, 0) is 31.1 Å². The lowest BCUT2D eigenvalue weighted by atomic mass is 10.3. The van der Waals surface area contributed by atoms with Gasteiger partial charge in [-0.3, -0.25) is 0 Å². The fraction of sp³-hybridized carbons (Fsp3) is 0.364. The van der Waals surface area contributed by atoms with Gasteiger partial charge in [0.25, 0.3) is 0 Å². The molecule has 3 heteroatoms. The van der Waals surface area contributed by atoms with Crippen molar-refractivity contribution in [1.29, 1.82) is 0 Å². The first-order valence-corrected chi connectivity index (χ1v) is 5.22. The molecule has 0 atom stereocenters. The highest BCUT2D eigenvalue weighted by molar-refractivity contribution is 6.30. The van der Waals surface area contributed by atoms with E-state index in [2.05, 4.69) is 16.5 Å². The summed E-state index contributed by atoms with van der Waals surface area (Å²) >= 11 is 5.99. The van der Waals surface area contributed by atoms with Gasteiger partial charge in [-0.2, -0.15) is 0 Å². The fourth-order valence-electron chi connectivity index (χ4n) is 1.72. The summed E-state index contributed by atoms with van der Waals surface area (Å²) in [6, 6.07) is 3.74. The monoisotopic (exact) mass is 208 g/mol. The molecule has 1 aromatic heterocycles. The van der Waals surface area contributed by atoms with Gasteiger partial charge in [-0.25, -0.2) is 4.98 Å². The molecule has 2 rings (SSSR count). The van der Waals surface area contributed by atoms with Gasteiger partial charge in [0.2, 0.25) is 0 Å². The number of nitrogens with zero attached hydrogens (tertiary/aromatic N) is 2. The summed E-state index contributed by atoms with van der Waals surface area (Å²) < 4.78 is 0. The Morgan fingerprint density at radius 1 is 1.36 bits per heavy atom. The lowest BCUT2D eigenvalue weighted by Gasteiger charge is -2.16. The number of rotatable bonds is 2. The number of pyridine rings is 1. The summed E-state index contributed by atoms with van der Waals surface area (Å²) in [5.74, 6) is 0.977. The van der Waals surface area contributed by atoms with E-state index in [0.29, 0.717) is 0 Å². The second kappa shape index (κ2) is 4.01. The van der Waals surface area contributed by atoms with Crippen LogP contribution in [0.15, 0.2) is 18.7 Å². The molecule has 1 aromatic rings. The molecule has 0 aromatic carbocycles. The molecule has 1 saturated heterocycles. The Kier molecular flexibility index (Phi) is 2.73. The minimum absolute atomic E-state index is 0.733. The summed E-state index contributed by atoms with van der Waals surface area (Å²) in [4.78, 5) is 6.72. The standard InChI is InChI=1S/C11H13ClN2/c1-2-10-7-9(12)8-11(13-10)14-5-3-4-6-14/h2,7-8H,1,3-6H2. The average molecular weight is 209 g/mol. The molecule has 0 N–H and O–H groups in total.